The number of ether oxygens (including phenoxy) is 1. The number of nitrogens with one attached hydrogen (secondary N) is 2. The summed E-state index contributed by atoms with van der Waals surface area (Å²) in [6, 6.07) is 19.9. The normalized spacial score (nSPS) is 11.5. The predicted octanol–water partition coefficient (Wildman–Crippen LogP) is 4.15. The van der Waals surface area contributed by atoms with E-state index in [2.05, 4.69) is 31.8 Å². The first-order valence-corrected chi connectivity index (χ1v) is 13.0. The van der Waals surface area contributed by atoms with Crippen molar-refractivity contribution in [3.8, 4) is 5.75 Å². The number of rotatable bonds is 9. The Balaban J connectivity index is 1.88. The topological polar surface area (TPSA) is 117 Å². The first-order valence-electron chi connectivity index (χ1n) is 10.7. The van der Waals surface area contributed by atoms with Gasteiger partial charge in [0.15, 0.2) is 0 Å². The molecule has 0 spiro atoms. The number of carbonyl (C=O) groups excluding carboxylic acids is 2. The van der Waals surface area contributed by atoms with Crippen LogP contribution >= 0.6 is 15.9 Å². The Hall–Kier alpha value is -3.70. The number of anilines is 2. The van der Waals surface area contributed by atoms with Crippen molar-refractivity contribution in [3.63, 3.8) is 0 Å². The van der Waals surface area contributed by atoms with Gasteiger partial charge in [-0.1, -0.05) is 46.3 Å². The molecule has 0 aromatic heterocycles. The van der Waals surface area contributed by atoms with Crippen molar-refractivity contribution >= 4 is 54.9 Å². The van der Waals surface area contributed by atoms with Crippen molar-refractivity contribution in [3.05, 3.63) is 82.8 Å². The number of halogens is 1. The van der Waals surface area contributed by atoms with E-state index in [4.69, 9.17) is 4.74 Å². The highest BCUT2D eigenvalue weighted by molar-refractivity contribution is 9.10. The third kappa shape index (κ3) is 6.70. The first kappa shape index (κ1) is 26.9. The molecular formula is C25H25BrN4O5S. The average molecular weight is 573 g/mol. The number of nitrogens with zero attached hydrogens (tertiary/aromatic N) is 2. The van der Waals surface area contributed by atoms with Crippen LogP contribution in [-0.4, -0.2) is 39.6 Å². The predicted molar refractivity (Wildman–Crippen MR) is 143 cm³/mol. The highest BCUT2D eigenvalue weighted by Gasteiger charge is 2.30. The summed E-state index contributed by atoms with van der Waals surface area (Å²) in [4.78, 5) is 24.1. The molecule has 0 saturated carbocycles. The fourth-order valence-corrected chi connectivity index (χ4v) is 5.40. The second-order valence-electron chi connectivity index (χ2n) is 7.64. The van der Waals surface area contributed by atoms with E-state index in [0.717, 1.165) is 4.31 Å². The standard InChI is InChI=1S/C25H25BrN4O5S/c1-17(19-8-7-9-21(14-19)27-18(2)31)28-29-25(32)16-30(22-10-5-4-6-11-22)36(33,34)24-15-20(26)12-13-23(24)35-3/h4-15H,16H2,1-3H3,(H,27,31)(H,29,32)/b28-17-. The average Bonchev–Trinajstić information content (AvgIpc) is 2.86. The molecule has 2 N–H and O–H groups in total. The fourth-order valence-electron chi connectivity index (χ4n) is 3.28. The molecule has 0 aliphatic carbocycles. The van der Waals surface area contributed by atoms with Gasteiger partial charge in [-0.2, -0.15) is 5.10 Å². The van der Waals surface area contributed by atoms with Crippen LogP contribution in [0, 0.1) is 0 Å². The molecule has 0 unspecified atom stereocenters. The zero-order valence-corrected chi connectivity index (χ0v) is 22.3. The van der Waals surface area contributed by atoms with Gasteiger partial charge in [-0.3, -0.25) is 13.9 Å². The summed E-state index contributed by atoms with van der Waals surface area (Å²) in [7, 11) is -2.82. The van der Waals surface area contributed by atoms with Crippen LogP contribution in [0.15, 0.2) is 87.3 Å². The molecule has 9 nitrogen and oxygen atoms in total. The van der Waals surface area contributed by atoms with Crippen LogP contribution in [-0.2, 0) is 19.6 Å². The van der Waals surface area contributed by atoms with Crippen LogP contribution in [0.1, 0.15) is 19.4 Å². The molecule has 0 atom stereocenters. The van der Waals surface area contributed by atoms with E-state index in [1.165, 1.54) is 26.2 Å². The van der Waals surface area contributed by atoms with Gasteiger partial charge in [-0.25, -0.2) is 13.8 Å². The number of hydrazone groups is 1. The molecule has 36 heavy (non-hydrogen) atoms. The lowest BCUT2D eigenvalue weighted by Crippen LogP contribution is -2.40. The van der Waals surface area contributed by atoms with Gasteiger partial charge in [0.2, 0.25) is 5.91 Å². The van der Waals surface area contributed by atoms with E-state index < -0.39 is 22.5 Å². The molecule has 0 aliphatic heterocycles. The minimum atomic E-state index is -4.19. The Bertz CT molecular complexity index is 1390. The minimum Gasteiger partial charge on any atom is -0.495 e. The summed E-state index contributed by atoms with van der Waals surface area (Å²) in [5.41, 5.74) is 4.46. The molecular weight excluding hydrogens is 548 g/mol. The van der Waals surface area contributed by atoms with E-state index in [0.29, 0.717) is 27.1 Å². The summed E-state index contributed by atoms with van der Waals surface area (Å²) in [5.74, 6) is -0.708. The van der Waals surface area contributed by atoms with Gasteiger partial charge >= 0.3 is 0 Å². The van der Waals surface area contributed by atoms with Crippen LogP contribution < -0.4 is 19.8 Å². The Morgan fingerprint density at radius 3 is 2.39 bits per heavy atom. The maximum Gasteiger partial charge on any atom is 0.268 e. The summed E-state index contributed by atoms with van der Waals surface area (Å²) in [6.45, 7) is 2.57. The van der Waals surface area contributed by atoms with E-state index in [1.54, 1.807) is 67.6 Å². The third-order valence-electron chi connectivity index (χ3n) is 4.97. The second-order valence-corrected chi connectivity index (χ2v) is 10.4. The molecule has 0 fully saturated rings. The van der Waals surface area contributed by atoms with Crippen molar-refractivity contribution in [1.29, 1.82) is 0 Å². The maximum absolute atomic E-state index is 13.7. The summed E-state index contributed by atoms with van der Waals surface area (Å²) < 4.78 is 34.1. The highest BCUT2D eigenvalue weighted by atomic mass is 79.9. The number of para-hydroxylation sites is 1. The van der Waals surface area contributed by atoms with E-state index in [9.17, 15) is 18.0 Å². The van der Waals surface area contributed by atoms with Crippen LogP contribution in [0.4, 0.5) is 11.4 Å². The first-order chi connectivity index (χ1) is 17.1. The number of carbonyl (C=O) groups is 2. The Labute approximate surface area is 218 Å². The van der Waals surface area contributed by atoms with Crippen molar-refractivity contribution < 1.29 is 22.7 Å². The lowest BCUT2D eigenvalue weighted by atomic mass is 10.1. The van der Waals surface area contributed by atoms with Gasteiger partial charge in [0.25, 0.3) is 15.9 Å². The van der Waals surface area contributed by atoms with E-state index >= 15 is 0 Å². The molecule has 3 aromatic carbocycles. The van der Waals surface area contributed by atoms with Gasteiger partial charge < -0.3 is 10.1 Å². The number of methoxy groups -OCH3 is 1. The summed E-state index contributed by atoms with van der Waals surface area (Å²) in [6.07, 6.45) is 0. The van der Waals surface area contributed by atoms with E-state index in [-0.39, 0.29) is 16.6 Å². The second kappa shape index (κ2) is 11.8. The molecule has 188 valence electrons. The maximum atomic E-state index is 13.7. The fraction of sp³-hybridized carbons (Fsp3) is 0.160. The molecule has 0 bridgehead atoms. The number of benzene rings is 3. The van der Waals surface area contributed by atoms with Crippen LogP contribution in [0.25, 0.3) is 0 Å². The molecule has 2 amide bonds. The lowest BCUT2D eigenvalue weighted by molar-refractivity contribution is -0.119. The van der Waals surface area contributed by atoms with Crippen molar-refractivity contribution in [2.24, 2.45) is 5.10 Å². The van der Waals surface area contributed by atoms with Gasteiger partial charge in [-0.05, 0) is 55.0 Å². The molecule has 0 radical (unpaired) electrons. The molecule has 0 aliphatic rings. The van der Waals surface area contributed by atoms with Gasteiger partial charge in [-0.15, -0.1) is 0 Å². The zero-order valence-electron chi connectivity index (χ0n) is 19.9. The SMILES string of the molecule is COc1ccc(Br)cc1S(=O)(=O)N(CC(=O)N/N=C(/C)c1cccc(NC(C)=O)c1)c1ccccc1. The molecule has 3 aromatic rings. The molecule has 11 heteroatoms. The Morgan fingerprint density at radius 2 is 1.72 bits per heavy atom. The molecule has 3 rings (SSSR count). The van der Waals surface area contributed by atoms with E-state index in [1.807, 2.05) is 0 Å². The van der Waals surface area contributed by atoms with Crippen LogP contribution in [0.3, 0.4) is 0 Å². The van der Waals surface area contributed by atoms with Crippen LogP contribution in [0.2, 0.25) is 0 Å². The zero-order chi connectivity index (χ0) is 26.3. The summed E-state index contributed by atoms with van der Waals surface area (Å²) >= 11 is 3.30. The van der Waals surface area contributed by atoms with Gasteiger partial charge in [0.1, 0.15) is 17.2 Å². The molecule has 0 saturated heterocycles. The number of sulfonamides is 1. The third-order valence-corrected chi connectivity index (χ3v) is 7.26. The molecule has 0 heterocycles. The van der Waals surface area contributed by atoms with Gasteiger partial charge in [0.05, 0.1) is 18.5 Å². The number of hydrogen-bond acceptors (Lipinski definition) is 6. The number of hydrogen-bond donors (Lipinski definition) is 2. The largest absolute Gasteiger partial charge is 0.495 e. The van der Waals surface area contributed by atoms with Crippen molar-refractivity contribution in [2.45, 2.75) is 18.7 Å². The quantitative estimate of drug-likeness (QED) is 0.295. The number of amides is 2. The van der Waals surface area contributed by atoms with Crippen molar-refractivity contribution in [1.82, 2.24) is 5.43 Å². The highest BCUT2D eigenvalue weighted by Crippen LogP contribution is 2.32. The Kier molecular flexibility index (Phi) is 8.83. The summed E-state index contributed by atoms with van der Waals surface area (Å²) in [5, 5.41) is 6.80. The Morgan fingerprint density at radius 1 is 1.00 bits per heavy atom. The lowest BCUT2D eigenvalue weighted by Gasteiger charge is -2.24. The monoisotopic (exact) mass is 572 g/mol. The van der Waals surface area contributed by atoms with Crippen LogP contribution in [0.5, 0.6) is 5.75 Å². The van der Waals surface area contributed by atoms with Crippen molar-refractivity contribution in [2.75, 3.05) is 23.3 Å². The minimum absolute atomic E-state index is 0.0921. The van der Waals surface area contributed by atoms with Gasteiger partial charge in [0, 0.05) is 17.1 Å². The smallest absolute Gasteiger partial charge is 0.268 e.